The van der Waals surface area contributed by atoms with Gasteiger partial charge in [0.1, 0.15) is 5.69 Å². The van der Waals surface area contributed by atoms with Crippen molar-refractivity contribution >= 4 is 29.0 Å². The summed E-state index contributed by atoms with van der Waals surface area (Å²) in [7, 11) is 1.75. The lowest BCUT2D eigenvalue weighted by Gasteiger charge is -2.36. The van der Waals surface area contributed by atoms with Gasteiger partial charge in [0.2, 0.25) is 5.95 Å². The molecule has 152 valence electrons. The molecule has 0 bridgehead atoms. The molecule has 0 unspecified atom stereocenters. The van der Waals surface area contributed by atoms with Crippen molar-refractivity contribution in [2.45, 2.75) is 6.18 Å². The highest BCUT2D eigenvalue weighted by atomic mass is 32.1. The monoisotopic (exact) mass is 421 g/mol. The number of aromatic nitrogens is 4. The zero-order chi connectivity index (χ0) is 20.4. The topological polar surface area (TPSA) is 70.1 Å². The maximum absolute atomic E-state index is 12.9. The van der Waals surface area contributed by atoms with E-state index in [1.807, 2.05) is 17.0 Å². The fraction of sp³-hybridized carbons (Fsp3) is 0.333. The fourth-order valence-electron chi connectivity index (χ4n) is 3.11. The maximum atomic E-state index is 12.9. The number of nitrogens with one attached hydrogen (secondary N) is 1. The van der Waals surface area contributed by atoms with Crippen molar-refractivity contribution in [2.75, 3.05) is 48.3 Å². The highest BCUT2D eigenvalue weighted by Crippen LogP contribution is 2.32. The molecule has 0 radical (unpaired) electrons. The Morgan fingerprint density at radius 3 is 2.38 bits per heavy atom. The SMILES string of the molecule is CNc1nsc(-c2ccc(N3CCN(c4cccc(C(F)(F)F)c4)CC3)nn2)n1. The van der Waals surface area contributed by atoms with Crippen LogP contribution in [0.3, 0.4) is 0 Å². The smallest absolute Gasteiger partial charge is 0.368 e. The Hall–Kier alpha value is -2.95. The standard InChI is InChI=1S/C18H18F3N7S/c1-22-17-23-16(29-26-17)14-5-6-15(25-24-14)28-9-7-27(8-10-28)13-4-2-3-12(11-13)18(19,20)21/h2-6,11H,7-10H2,1H3,(H,22,26). The van der Waals surface area contributed by atoms with Gasteiger partial charge >= 0.3 is 6.18 Å². The third kappa shape index (κ3) is 4.24. The Bertz CT molecular complexity index is 966. The number of alkyl halides is 3. The molecule has 2 aromatic heterocycles. The second-order valence-corrected chi connectivity index (χ2v) is 7.22. The number of rotatable bonds is 4. The first-order chi connectivity index (χ1) is 13.9. The number of hydrogen-bond donors (Lipinski definition) is 1. The van der Waals surface area contributed by atoms with Crippen molar-refractivity contribution in [3.05, 3.63) is 42.0 Å². The number of benzene rings is 1. The minimum Gasteiger partial charge on any atom is -0.368 e. The van der Waals surface area contributed by atoms with Crippen LogP contribution in [0.1, 0.15) is 5.56 Å². The molecule has 0 amide bonds. The van der Waals surface area contributed by atoms with Gasteiger partial charge in [-0.15, -0.1) is 10.2 Å². The maximum Gasteiger partial charge on any atom is 0.416 e. The Labute approximate surface area is 169 Å². The molecule has 1 aromatic carbocycles. The molecule has 7 nitrogen and oxygen atoms in total. The van der Waals surface area contributed by atoms with E-state index in [-0.39, 0.29) is 0 Å². The molecule has 4 rings (SSSR count). The Morgan fingerprint density at radius 1 is 1.00 bits per heavy atom. The molecule has 1 saturated heterocycles. The quantitative estimate of drug-likeness (QED) is 0.693. The zero-order valence-corrected chi connectivity index (χ0v) is 16.3. The van der Waals surface area contributed by atoms with Crippen LogP contribution < -0.4 is 15.1 Å². The lowest BCUT2D eigenvalue weighted by Crippen LogP contribution is -2.47. The highest BCUT2D eigenvalue weighted by Gasteiger charge is 2.31. The Morgan fingerprint density at radius 2 is 1.76 bits per heavy atom. The van der Waals surface area contributed by atoms with Gasteiger partial charge in [-0.1, -0.05) is 6.07 Å². The lowest BCUT2D eigenvalue weighted by atomic mass is 10.1. The van der Waals surface area contributed by atoms with Gasteiger partial charge in [-0.3, -0.25) is 0 Å². The average molecular weight is 421 g/mol. The second kappa shape index (κ2) is 7.82. The average Bonchev–Trinajstić information content (AvgIpc) is 3.23. The molecule has 1 N–H and O–H groups in total. The molecule has 1 aliphatic heterocycles. The number of piperazine rings is 1. The van der Waals surface area contributed by atoms with Crippen LogP contribution in [0, 0.1) is 0 Å². The van der Waals surface area contributed by atoms with Crippen LogP contribution in [0.2, 0.25) is 0 Å². The third-order valence-corrected chi connectivity index (χ3v) is 5.40. The molecule has 0 saturated carbocycles. The van der Waals surface area contributed by atoms with E-state index in [0.29, 0.717) is 48.5 Å². The summed E-state index contributed by atoms with van der Waals surface area (Å²) in [4.78, 5) is 8.32. The van der Waals surface area contributed by atoms with Gasteiger partial charge in [-0.25, -0.2) is 0 Å². The first kappa shape index (κ1) is 19.4. The molecular weight excluding hydrogens is 403 g/mol. The molecule has 0 aliphatic carbocycles. The lowest BCUT2D eigenvalue weighted by molar-refractivity contribution is -0.137. The number of hydrogen-bond acceptors (Lipinski definition) is 8. The van der Waals surface area contributed by atoms with Crippen LogP contribution in [0.25, 0.3) is 10.7 Å². The summed E-state index contributed by atoms with van der Waals surface area (Å²) in [6, 6.07) is 9.17. The highest BCUT2D eigenvalue weighted by molar-refractivity contribution is 7.09. The van der Waals surface area contributed by atoms with Crippen LogP contribution in [0.5, 0.6) is 0 Å². The van der Waals surface area contributed by atoms with Crippen molar-refractivity contribution in [2.24, 2.45) is 0 Å². The van der Waals surface area contributed by atoms with E-state index < -0.39 is 11.7 Å². The zero-order valence-electron chi connectivity index (χ0n) is 15.5. The summed E-state index contributed by atoms with van der Waals surface area (Å²) in [5.41, 5.74) is 0.602. The summed E-state index contributed by atoms with van der Waals surface area (Å²) in [6.45, 7) is 2.50. The van der Waals surface area contributed by atoms with Gasteiger partial charge < -0.3 is 15.1 Å². The number of halogens is 3. The molecule has 0 atom stereocenters. The van der Waals surface area contributed by atoms with Crippen LogP contribution in [0.4, 0.5) is 30.6 Å². The van der Waals surface area contributed by atoms with Crippen molar-refractivity contribution < 1.29 is 13.2 Å². The first-order valence-electron chi connectivity index (χ1n) is 8.97. The van der Waals surface area contributed by atoms with E-state index in [4.69, 9.17) is 0 Å². The van der Waals surface area contributed by atoms with E-state index in [1.165, 1.54) is 23.7 Å². The van der Waals surface area contributed by atoms with E-state index >= 15 is 0 Å². The molecule has 1 aliphatic rings. The van der Waals surface area contributed by atoms with Crippen molar-refractivity contribution in [1.82, 2.24) is 19.6 Å². The normalized spacial score (nSPS) is 14.9. The summed E-state index contributed by atoms with van der Waals surface area (Å²) < 4.78 is 43.0. The van der Waals surface area contributed by atoms with E-state index in [9.17, 15) is 13.2 Å². The van der Waals surface area contributed by atoms with Crippen LogP contribution in [-0.2, 0) is 6.18 Å². The van der Waals surface area contributed by atoms with Crippen molar-refractivity contribution in [1.29, 1.82) is 0 Å². The Kier molecular flexibility index (Phi) is 5.22. The summed E-state index contributed by atoms with van der Waals surface area (Å²) in [5, 5.41) is 12.1. The molecule has 3 aromatic rings. The molecule has 29 heavy (non-hydrogen) atoms. The van der Waals surface area contributed by atoms with Crippen LogP contribution >= 0.6 is 11.5 Å². The van der Waals surface area contributed by atoms with Gasteiger partial charge in [0, 0.05) is 38.9 Å². The summed E-state index contributed by atoms with van der Waals surface area (Å²) in [5.74, 6) is 1.28. The second-order valence-electron chi connectivity index (χ2n) is 6.47. The fourth-order valence-corrected chi connectivity index (χ4v) is 3.74. The van der Waals surface area contributed by atoms with Crippen LogP contribution in [0.15, 0.2) is 36.4 Å². The van der Waals surface area contributed by atoms with Gasteiger partial charge in [-0.05, 0) is 41.9 Å². The van der Waals surface area contributed by atoms with Crippen molar-refractivity contribution in [3.8, 4) is 10.7 Å². The van der Waals surface area contributed by atoms with Crippen molar-refractivity contribution in [3.63, 3.8) is 0 Å². The largest absolute Gasteiger partial charge is 0.416 e. The molecule has 0 spiro atoms. The molecule has 1 fully saturated rings. The number of anilines is 3. The predicted octanol–water partition coefficient (Wildman–Crippen LogP) is 3.38. The third-order valence-electron chi connectivity index (χ3n) is 4.66. The summed E-state index contributed by atoms with van der Waals surface area (Å²) >= 11 is 1.24. The van der Waals surface area contributed by atoms with Gasteiger partial charge in [0.05, 0.1) is 5.56 Å². The first-order valence-corrected chi connectivity index (χ1v) is 9.74. The molecular formula is C18H18F3N7S. The minimum absolute atomic E-state index is 0.543. The van der Waals surface area contributed by atoms with E-state index in [0.717, 1.165) is 11.9 Å². The molecule has 3 heterocycles. The summed E-state index contributed by atoms with van der Waals surface area (Å²) in [6.07, 6.45) is -4.34. The van der Waals surface area contributed by atoms with Crippen LogP contribution in [-0.4, -0.2) is 52.8 Å². The van der Waals surface area contributed by atoms with E-state index in [1.54, 1.807) is 13.1 Å². The van der Waals surface area contributed by atoms with Gasteiger partial charge in [-0.2, -0.15) is 22.5 Å². The van der Waals surface area contributed by atoms with E-state index in [2.05, 4.69) is 29.8 Å². The molecule has 11 heteroatoms. The number of nitrogens with zero attached hydrogens (tertiary/aromatic N) is 6. The van der Waals surface area contributed by atoms with Gasteiger partial charge in [0.25, 0.3) is 0 Å². The Balaban J connectivity index is 1.41. The predicted molar refractivity (Wildman–Crippen MR) is 106 cm³/mol. The van der Waals surface area contributed by atoms with Gasteiger partial charge in [0.15, 0.2) is 10.8 Å². The minimum atomic E-state index is -4.34.